The van der Waals surface area contributed by atoms with E-state index in [1.54, 1.807) is 0 Å². The highest BCUT2D eigenvalue weighted by Gasteiger charge is 2.29. The van der Waals surface area contributed by atoms with Crippen molar-refractivity contribution in [1.82, 2.24) is 10.2 Å². The minimum atomic E-state index is 0.0310. The van der Waals surface area contributed by atoms with E-state index in [4.69, 9.17) is 0 Å². The summed E-state index contributed by atoms with van der Waals surface area (Å²) in [5.41, 5.74) is 2.34. The molecular formula is C22H30N3O2. The van der Waals surface area contributed by atoms with Crippen molar-refractivity contribution >= 4 is 23.1 Å². The number of fused-ring (bicyclic) bond motifs is 1. The van der Waals surface area contributed by atoms with Gasteiger partial charge in [0.1, 0.15) is 5.71 Å². The van der Waals surface area contributed by atoms with Gasteiger partial charge in [-0.1, -0.05) is 38.5 Å². The summed E-state index contributed by atoms with van der Waals surface area (Å²) in [7, 11) is 0. The molecule has 2 atom stereocenters. The van der Waals surface area contributed by atoms with E-state index in [0.29, 0.717) is 25.1 Å². The maximum Gasteiger partial charge on any atom is 0.223 e. The molecule has 1 amide bonds. The average Bonchev–Trinajstić information content (AvgIpc) is 2.95. The van der Waals surface area contributed by atoms with E-state index >= 15 is 0 Å². The normalized spacial score (nSPS) is 21.0. The molecule has 5 heteroatoms. The number of carbonyl (C=O) groups excluding carboxylic acids is 2. The zero-order valence-electron chi connectivity index (χ0n) is 16.2. The zero-order valence-corrected chi connectivity index (χ0v) is 16.2. The standard InChI is InChI=1S/C22H30N3O2/c1-3-16(2)13-22(27)25(18-8-6-11-23-12-10-18)15-20-21(26)14-17-7-4-5-9-19(17)24-20/h4-5,7,9,16,18,23H,1,3,6,8,10-15H2,2H3/t16-,18?/m0/s1. The van der Waals surface area contributed by atoms with Crippen LogP contribution in [0.4, 0.5) is 5.69 Å². The second kappa shape index (κ2) is 9.27. The molecule has 1 aromatic rings. The van der Waals surface area contributed by atoms with E-state index in [2.05, 4.69) is 24.2 Å². The van der Waals surface area contributed by atoms with Crippen molar-refractivity contribution in [1.29, 1.82) is 0 Å². The smallest absolute Gasteiger partial charge is 0.223 e. The van der Waals surface area contributed by atoms with Gasteiger partial charge in [-0.25, -0.2) is 4.99 Å². The van der Waals surface area contributed by atoms with Crippen LogP contribution in [0, 0.1) is 12.8 Å². The van der Waals surface area contributed by atoms with Gasteiger partial charge in [0, 0.05) is 18.9 Å². The van der Waals surface area contributed by atoms with Crippen LogP contribution >= 0.6 is 0 Å². The predicted octanol–water partition coefficient (Wildman–Crippen LogP) is 3.11. The molecule has 2 heterocycles. The maximum absolute atomic E-state index is 13.1. The number of Topliss-reactive ketones (excluding diaryl/α,β-unsaturated/α-hetero) is 1. The number of hydrogen-bond acceptors (Lipinski definition) is 4. The minimum absolute atomic E-state index is 0.0310. The molecular weight excluding hydrogens is 338 g/mol. The molecule has 1 unspecified atom stereocenters. The summed E-state index contributed by atoms with van der Waals surface area (Å²) in [6.45, 7) is 8.19. The van der Waals surface area contributed by atoms with Gasteiger partial charge in [0.25, 0.3) is 0 Å². The minimum Gasteiger partial charge on any atom is -0.334 e. The molecule has 0 bridgehead atoms. The molecule has 5 nitrogen and oxygen atoms in total. The second-order valence-corrected chi connectivity index (χ2v) is 7.74. The number of benzene rings is 1. The van der Waals surface area contributed by atoms with Gasteiger partial charge in [0.2, 0.25) is 5.91 Å². The lowest BCUT2D eigenvalue weighted by Gasteiger charge is -2.33. The van der Waals surface area contributed by atoms with Crippen LogP contribution in [0.25, 0.3) is 0 Å². The van der Waals surface area contributed by atoms with Crippen LogP contribution in [0.5, 0.6) is 0 Å². The quantitative estimate of drug-likeness (QED) is 0.839. The third-order valence-electron chi connectivity index (χ3n) is 5.56. The lowest BCUT2D eigenvalue weighted by Crippen LogP contribution is -2.46. The van der Waals surface area contributed by atoms with Crippen molar-refractivity contribution in [2.45, 2.75) is 51.5 Å². The molecule has 1 fully saturated rings. The van der Waals surface area contributed by atoms with E-state index < -0.39 is 0 Å². The molecule has 3 rings (SSSR count). The third kappa shape index (κ3) is 5.04. The SMILES string of the molecule is [CH2]C[C@H](C)CC(=O)N(CC1=Nc2ccccc2CC1=O)C1CCCNCC1. The highest BCUT2D eigenvalue weighted by atomic mass is 16.2. The molecule has 27 heavy (non-hydrogen) atoms. The van der Waals surface area contributed by atoms with E-state index in [9.17, 15) is 9.59 Å². The van der Waals surface area contributed by atoms with Gasteiger partial charge in [-0.05, 0) is 49.9 Å². The zero-order chi connectivity index (χ0) is 19.2. The number of nitrogens with zero attached hydrogens (tertiary/aromatic N) is 2. The van der Waals surface area contributed by atoms with Crippen molar-refractivity contribution in [3.8, 4) is 0 Å². The molecule has 1 N–H and O–H groups in total. The first-order valence-corrected chi connectivity index (χ1v) is 10.1. The van der Waals surface area contributed by atoms with Crippen LogP contribution in [0.1, 0.15) is 44.6 Å². The molecule has 1 saturated heterocycles. The molecule has 0 saturated carbocycles. The highest BCUT2D eigenvalue weighted by molar-refractivity contribution is 6.42. The van der Waals surface area contributed by atoms with E-state index in [1.165, 1.54) is 0 Å². The summed E-state index contributed by atoms with van der Waals surface area (Å²) in [6, 6.07) is 7.92. The summed E-state index contributed by atoms with van der Waals surface area (Å²) in [4.78, 5) is 32.2. The molecule has 145 valence electrons. The van der Waals surface area contributed by atoms with Crippen molar-refractivity contribution in [2.75, 3.05) is 19.6 Å². The number of hydrogen-bond donors (Lipinski definition) is 1. The first-order chi connectivity index (χ1) is 13.1. The van der Waals surface area contributed by atoms with Gasteiger partial charge < -0.3 is 10.2 Å². The van der Waals surface area contributed by atoms with Crippen LogP contribution < -0.4 is 5.32 Å². The molecule has 1 aromatic carbocycles. The Morgan fingerprint density at radius 3 is 2.96 bits per heavy atom. The number of rotatable bonds is 6. The van der Waals surface area contributed by atoms with Crippen LogP contribution in [0.3, 0.4) is 0 Å². The molecule has 0 spiro atoms. The first kappa shape index (κ1) is 19.7. The van der Waals surface area contributed by atoms with Gasteiger partial charge >= 0.3 is 0 Å². The van der Waals surface area contributed by atoms with Crippen molar-refractivity contribution in [3.05, 3.63) is 36.8 Å². The second-order valence-electron chi connectivity index (χ2n) is 7.74. The predicted molar refractivity (Wildman–Crippen MR) is 108 cm³/mol. The highest BCUT2D eigenvalue weighted by Crippen LogP contribution is 2.25. The van der Waals surface area contributed by atoms with Crippen LogP contribution in [-0.4, -0.2) is 48.0 Å². The Bertz CT molecular complexity index is 705. The topological polar surface area (TPSA) is 61.8 Å². The molecule has 0 aromatic heterocycles. The van der Waals surface area contributed by atoms with Crippen molar-refractivity contribution < 1.29 is 9.59 Å². The molecule has 2 aliphatic rings. The van der Waals surface area contributed by atoms with Crippen molar-refractivity contribution in [3.63, 3.8) is 0 Å². The van der Waals surface area contributed by atoms with Gasteiger partial charge in [-0.2, -0.15) is 0 Å². The lowest BCUT2D eigenvalue weighted by molar-refractivity contribution is -0.133. The van der Waals surface area contributed by atoms with Gasteiger partial charge in [0.15, 0.2) is 5.78 Å². The fourth-order valence-corrected chi connectivity index (χ4v) is 3.79. The summed E-state index contributed by atoms with van der Waals surface area (Å²) in [6.07, 6.45) is 4.52. The van der Waals surface area contributed by atoms with Gasteiger partial charge in [0.05, 0.1) is 12.2 Å². The Morgan fingerprint density at radius 2 is 2.15 bits per heavy atom. The van der Waals surface area contributed by atoms with E-state index in [1.807, 2.05) is 29.2 Å². The molecule has 1 radical (unpaired) electrons. The molecule has 0 aliphatic carbocycles. The van der Waals surface area contributed by atoms with Crippen LogP contribution in [-0.2, 0) is 16.0 Å². The largest absolute Gasteiger partial charge is 0.334 e. The van der Waals surface area contributed by atoms with Crippen LogP contribution in [0.2, 0.25) is 0 Å². The van der Waals surface area contributed by atoms with Crippen LogP contribution in [0.15, 0.2) is 29.3 Å². The van der Waals surface area contributed by atoms with Gasteiger partial charge in [-0.15, -0.1) is 0 Å². The number of amides is 1. The average molecular weight is 369 g/mol. The maximum atomic E-state index is 13.1. The fraction of sp³-hybridized carbons (Fsp3) is 0.545. The number of nitrogens with one attached hydrogen (secondary N) is 1. The van der Waals surface area contributed by atoms with Crippen molar-refractivity contribution in [2.24, 2.45) is 10.9 Å². The van der Waals surface area contributed by atoms with Gasteiger partial charge in [-0.3, -0.25) is 9.59 Å². The number of ketones is 1. The number of carbonyl (C=O) groups is 2. The Labute approximate surface area is 162 Å². The summed E-state index contributed by atoms with van der Waals surface area (Å²) < 4.78 is 0. The fourth-order valence-electron chi connectivity index (χ4n) is 3.79. The lowest BCUT2D eigenvalue weighted by atomic mass is 9.98. The summed E-state index contributed by atoms with van der Waals surface area (Å²) in [5, 5.41) is 3.40. The number of para-hydroxylation sites is 1. The monoisotopic (exact) mass is 368 g/mol. The van der Waals surface area contributed by atoms with E-state index in [0.717, 1.165) is 50.0 Å². The summed E-state index contributed by atoms with van der Waals surface area (Å²) in [5.74, 6) is 0.393. The Kier molecular flexibility index (Phi) is 6.78. The Balaban J connectivity index is 1.83. The first-order valence-electron chi connectivity index (χ1n) is 10.1. The Hall–Kier alpha value is -2.01. The van der Waals surface area contributed by atoms with E-state index in [-0.39, 0.29) is 23.7 Å². The molecule has 2 aliphatic heterocycles. The summed E-state index contributed by atoms with van der Waals surface area (Å²) >= 11 is 0. The third-order valence-corrected chi connectivity index (χ3v) is 5.56. The number of aliphatic imine (C=N–C) groups is 1. The Morgan fingerprint density at radius 1 is 1.33 bits per heavy atom.